The molecule has 1 saturated heterocycles. The van der Waals surface area contributed by atoms with Gasteiger partial charge in [-0.15, -0.1) is 0 Å². The molecule has 0 unspecified atom stereocenters. The van der Waals surface area contributed by atoms with E-state index in [1.165, 1.54) is 21.3 Å². The van der Waals surface area contributed by atoms with E-state index < -0.39 is 11.8 Å². The first-order valence-electron chi connectivity index (χ1n) is 12.4. The average molecular weight is 503 g/mol. The molecule has 1 amide bonds. The van der Waals surface area contributed by atoms with Gasteiger partial charge in [-0.2, -0.15) is 0 Å². The fraction of sp³-hybridized carbons (Fsp3) is 0.286. The van der Waals surface area contributed by atoms with Crippen molar-refractivity contribution in [3.63, 3.8) is 0 Å². The Bertz CT molecular complexity index is 1390. The van der Waals surface area contributed by atoms with Gasteiger partial charge in [-0.3, -0.25) is 0 Å². The molecular formula is C28H30N4O5. The van der Waals surface area contributed by atoms with Crippen LogP contribution in [0.5, 0.6) is 0 Å². The van der Waals surface area contributed by atoms with Crippen molar-refractivity contribution in [2.24, 2.45) is 0 Å². The van der Waals surface area contributed by atoms with E-state index >= 15 is 0 Å². The van der Waals surface area contributed by atoms with Crippen LogP contribution in [-0.4, -0.2) is 55.0 Å². The zero-order valence-electron chi connectivity index (χ0n) is 20.5. The monoisotopic (exact) mass is 502 g/mol. The molecule has 4 aromatic rings. The SMILES string of the molecule is O=C(OCn1c(=O)oc2c(NCCNCc3cccc(-c4ccccc4)c3)cccc21)N1CCOCC1. The van der Waals surface area contributed by atoms with Gasteiger partial charge in [0, 0.05) is 32.7 Å². The van der Waals surface area contributed by atoms with Gasteiger partial charge in [0.2, 0.25) is 0 Å². The van der Waals surface area contributed by atoms with E-state index in [0.29, 0.717) is 56.2 Å². The van der Waals surface area contributed by atoms with Crippen LogP contribution in [0, 0.1) is 0 Å². The molecule has 0 spiro atoms. The Labute approximate surface area is 214 Å². The van der Waals surface area contributed by atoms with Crippen LogP contribution in [0.25, 0.3) is 22.2 Å². The summed E-state index contributed by atoms with van der Waals surface area (Å²) in [7, 11) is 0. The predicted octanol–water partition coefficient (Wildman–Crippen LogP) is 3.89. The Kier molecular flexibility index (Phi) is 7.83. The number of aromatic nitrogens is 1. The number of anilines is 1. The van der Waals surface area contributed by atoms with Gasteiger partial charge in [-0.1, -0.05) is 54.6 Å². The van der Waals surface area contributed by atoms with Gasteiger partial charge in [0.25, 0.3) is 0 Å². The van der Waals surface area contributed by atoms with Gasteiger partial charge in [-0.25, -0.2) is 14.2 Å². The molecule has 0 saturated carbocycles. The maximum atomic E-state index is 12.5. The number of rotatable bonds is 9. The number of benzene rings is 3. The predicted molar refractivity (Wildman–Crippen MR) is 141 cm³/mol. The quantitative estimate of drug-likeness (QED) is 0.335. The largest absolute Gasteiger partial charge is 0.427 e. The lowest BCUT2D eigenvalue weighted by molar-refractivity contribution is 0.0175. The first-order chi connectivity index (χ1) is 18.2. The normalized spacial score (nSPS) is 13.6. The van der Waals surface area contributed by atoms with E-state index in [9.17, 15) is 9.59 Å². The fourth-order valence-electron chi connectivity index (χ4n) is 4.31. The number of hydrogen-bond donors (Lipinski definition) is 2. The standard InChI is InChI=1S/C28H30N4O5/c33-27(31-14-16-35-17-15-31)36-20-32-25-11-5-10-24(26(25)37-28(32)34)30-13-12-29-19-21-6-4-9-23(18-21)22-7-2-1-3-8-22/h1-11,18,29-30H,12-17,19-20H2. The van der Waals surface area contributed by atoms with Crippen molar-refractivity contribution in [3.8, 4) is 11.1 Å². The number of amides is 1. The highest BCUT2D eigenvalue weighted by Gasteiger charge is 2.20. The van der Waals surface area contributed by atoms with E-state index in [4.69, 9.17) is 13.9 Å². The molecule has 2 N–H and O–H groups in total. The highest BCUT2D eigenvalue weighted by atomic mass is 16.6. The number of hydrogen-bond acceptors (Lipinski definition) is 7. The maximum Gasteiger partial charge on any atom is 0.422 e. The Balaban J connectivity index is 1.14. The Hall–Kier alpha value is -4.08. The zero-order chi connectivity index (χ0) is 25.5. The molecule has 0 bridgehead atoms. The number of para-hydroxylation sites is 1. The minimum absolute atomic E-state index is 0.213. The van der Waals surface area contributed by atoms with Crippen molar-refractivity contribution < 1.29 is 18.7 Å². The molecule has 1 fully saturated rings. The fourth-order valence-corrected chi connectivity index (χ4v) is 4.31. The number of fused-ring (bicyclic) bond motifs is 1. The third kappa shape index (κ3) is 6.02. The summed E-state index contributed by atoms with van der Waals surface area (Å²) in [6, 6.07) is 24.3. The van der Waals surface area contributed by atoms with Gasteiger partial charge in [-0.05, 0) is 34.9 Å². The van der Waals surface area contributed by atoms with Gasteiger partial charge in [0.05, 0.1) is 24.4 Å². The lowest BCUT2D eigenvalue weighted by Crippen LogP contribution is -2.41. The van der Waals surface area contributed by atoms with Crippen LogP contribution >= 0.6 is 0 Å². The molecule has 1 aliphatic rings. The third-order valence-corrected chi connectivity index (χ3v) is 6.26. The molecule has 0 aliphatic carbocycles. The molecule has 9 heteroatoms. The minimum Gasteiger partial charge on any atom is -0.427 e. The summed E-state index contributed by atoms with van der Waals surface area (Å²) in [5.74, 6) is -0.574. The molecule has 9 nitrogen and oxygen atoms in total. The molecule has 37 heavy (non-hydrogen) atoms. The number of morpholine rings is 1. The molecule has 0 atom stereocenters. The van der Waals surface area contributed by atoms with Gasteiger partial charge >= 0.3 is 11.8 Å². The summed E-state index contributed by atoms with van der Waals surface area (Å²) in [6.07, 6.45) is -0.473. The number of carbonyl (C=O) groups excluding carboxylic acids is 1. The first kappa shape index (κ1) is 24.6. The lowest BCUT2D eigenvalue weighted by atomic mass is 10.0. The second-order valence-electron chi connectivity index (χ2n) is 8.76. The molecule has 2 heterocycles. The highest BCUT2D eigenvalue weighted by molar-refractivity contribution is 5.86. The van der Waals surface area contributed by atoms with Crippen molar-refractivity contribution in [1.29, 1.82) is 0 Å². The van der Waals surface area contributed by atoms with E-state index in [1.807, 2.05) is 30.3 Å². The van der Waals surface area contributed by atoms with Crippen molar-refractivity contribution in [2.75, 3.05) is 44.7 Å². The summed E-state index contributed by atoms with van der Waals surface area (Å²) >= 11 is 0. The summed E-state index contributed by atoms with van der Waals surface area (Å²) in [6.45, 7) is 3.79. The summed E-state index contributed by atoms with van der Waals surface area (Å²) in [4.78, 5) is 26.3. The van der Waals surface area contributed by atoms with Gasteiger partial charge in [0.15, 0.2) is 12.3 Å². The number of ether oxygens (including phenoxy) is 2. The van der Waals surface area contributed by atoms with Crippen LogP contribution in [-0.2, 0) is 22.7 Å². The highest BCUT2D eigenvalue weighted by Crippen LogP contribution is 2.23. The van der Waals surface area contributed by atoms with Crippen molar-refractivity contribution in [1.82, 2.24) is 14.8 Å². The van der Waals surface area contributed by atoms with E-state index in [0.717, 1.165) is 6.54 Å². The maximum absolute atomic E-state index is 12.5. The number of oxazole rings is 1. The van der Waals surface area contributed by atoms with E-state index in [-0.39, 0.29) is 6.73 Å². The van der Waals surface area contributed by atoms with Crippen LogP contribution in [0.4, 0.5) is 10.5 Å². The van der Waals surface area contributed by atoms with Crippen LogP contribution in [0.2, 0.25) is 0 Å². The molecule has 5 rings (SSSR count). The van der Waals surface area contributed by atoms with Crippen LogP contribution in [0.1, 0.15) is 5.56 Å². The number of nitrogens with zero attached hydrogens (tertiary/aromatic N) is 2. The van der Waals surface area contributed by atoms with Gasteiger partial charge in [0.1, 0.15) is 0 Å². The Morgan fingerprint density at radius 3 is 2.54 bits per heavy atom. The molecule has 1 aromatic heterocycles. The topological polar surface area (TPSA) is 98.0 Å². The second kappa shape index (κ2) is 11.8. The molecule has 3 aromatic carbocycles. The van der Waals surface area contributed by atoms with Crippen LogP contribution in [0.3, 0.4) is 0 Å². The Morgan fingerprint density at radius 1 is 0.919 bits per heavy atom. The van der Waals surface area contributed by atoms with Crippen molar-refractivity contribution in [2.45, 2.75) is 13.3 Å². The molecule has 0 radical (unpaired) electrons. The third-order valence-electron chi connectivity index (χ3n) is 6.26. The minimum atomic E-state index is -0.574. The van der Waals surface area contributed by atoms with Crippen molar-refractivity contribution >= 4 is 22.9 Å². The lowest BCUT2D eigenvalue weighted by Gasteiger charge is -2.25. The number of nitrogens with one attached hydrogen (secondary N) is 2. The summed E-state index contributed by atoms with van der Waals surface area (Å²) < 4.78 is 17.4. The summed E-state index contributed by atoms with van der Waals surface area (Å²) in [5, 5.41) is 6.78. The molecule has 1 aliphatic heterocycles. The van der Waals surface area contributed by atoms with Gasteiger partial charge < -0.3 is 29.4 Å². The smallest absolute Gasteiger partial charge is 0.422 e. The summed E-state index contributed by atoms with van der Waals surface area (Å²) in [5.41, 5.74) is 5.31. The van der Waals surface area contributed by atoms with E-state index in [2.05, 4.69) is 47.0 Å². The van der Waals surface area contributed by atoms with Crippen molar-refractivity contribution in [3.05, 3.63) is 88.9 Å². The van der Waals surface area contributed by atoms with E-state index in [1.54, 1.807) is 11.0 Å². The molecule has 192 valence electrons. The average Bonchev–Trinajstić information content (AvgIpc) is 3.28. The molecular weight excluding hydrogens is 472 g/mol. The van der Waals surface area contributed by atoms with Crippen LogP contribution in [0.15, 0.2) is 82.0 Å². The first-order valence-corrected chi connectivity index (χ1v) is 12.4. The number of carbonyl (C=O) groups is 1. The Morgan fingerprint density at radius 2 is 1.70 bits per heavy atom. The van der Waals surface area contributed by atoms with Crippen LogP contribution < -0.4 is 16.4 Å². The zero-order valence-corrected chi connectivity index (χ0v) is 20.5. The second-order valence-corrected chi connectivity index (χ2v) is 8.76.